The monoisotopic (exact) mass is 209 g/mol. The number of benzene rings is 1. The minimum Gasteiger partial charge on any atom is -0.494 e. The fraction of sp³-hybridized carbons (Fsp3) is 0.500. The maximum absolute atomic E-state index is 13.2. The van der Waals surface area contributed by atoms with Crippen molar-refractivity contribution < 1.29 is 9.13 Å². The van der Waals surface area contributed by atoms with Crippen LogP contribution in [0.2, 0.25) is 0 Å². The fourth-order valence-corrected chi connectivity index (χ4v) is 2.18. The first-order valence-corrected chi connectivity index (χ1v) is 5.07. The molecule has 0 amide bonds. The Hall–Kier alpha value is -1.09. The topological polar surface area (TPSA) is 35.2 Å². The standard InChI is InChI=1S/C12H16FNO/c1-12(2)10(11(12)14)7-4-5-8(13)9(6-7)15-3/h4-6,10-11H,14H2,1-3H3/t10-,11-/m1/s1. The van der Waals surface area contributed by atoms with E-state index in [1.54, 1.807) is 12.1 Å². The first kappa shape index (κ1) is 10.4. The second-order valence-corrected chi connectivity index (χ2v) is 4.72. The van der Waals surface area contributed by atoms with Crippen LogP contribution < -0.4 is 10.5 Å². The molecule has 0 unspecified atom stereocenters. The second-order valence-electron chi connectivity index (χ2n) is 4.72. The summed E-state index contributed by atoms with van der Waals surface area (Å²) in [5, 5.41) is 0. The minimum atomic E-state index is -0.326. The van der Waals surface area contributed by atoms with Crippen LogP contribution in [0, 0.1) is 11.2 Å². The molecule has 0 aliphatic heterocycles. The SMILES string of the molecule is COc1cc([C@@H]2[C@@H](N)C2(C)C)ccc1F. The zero-order valence-electron chi connectivity index (χ0n) is 9.25. The van der Waals surface area contributed by atoms with E-state index in [9.17, 15) is 4.39 Å². The van der Waals surface area contributed by atoms with Crippen LogP contribution in [0.4, 0.5) is 4.39 Å². The molecule has 1 saturated carbocycles. The summed E-state index contributed by atoms with van der Waals surface area (Å²) in [5.41, 5.74) is 7.15. The van der Waals surface area contributed by atoms with Crippen molar-refractivity contribution >= 4 is 0 Å². The van der Waals surface area contributed by atoms with Crippen LogP contribution in [0.1, 0.15) is 25.3 Å². The van der Waals surface area contributed by atoms with Gasteiger partial charge in [0, 0.05) is 12.0 Å². The summed E-state index contributed by atoms with van der Waals surface area (Å²) in [6, 6.07) is 5.13. The molecule has 0 aromatic heterocycles. The predicted octanol–water partition coefficient (Wildman–Crippen LogP) is 2.29. The van der Waals surface area contributed by atoms with Gasteiger partial charge in [-0.1, -0.05) is 19.9 Å². The Bertz CT molecular complexity index is 389. The van der Waals surface area contributed by atoms with E-state index in [1.165, 1.54) is 13.2 Å². The van der Waals surface area contributed by atoms with Gasteiger partial charge in [-0.2, -0.15) is 0 Å². The van der Waals surface area contributed by atoms with Crippen molar-refractivity contribution in [1.29, 1.82) is 0 Å². The molecule has 1 aromatic carbocycles. The highest BCUT2D eigenvalue weighted by Crippen LogP contribution is 2.57. The second kappa shape index (κ2) is 3.20. The molecule has 2 atom stereocenters. The smallest absolute Gasteiger partial charge is 0.165 e. The molecule has 15 heavy (non-hydrogen) atoms. The van der Waals surface area contributed by atoms with Crippen LogP contribution in [0.15, 0.2) is 18.2 Å². The third-order valence-electron chi connectivity index (χ3n) is 3.44. The van der Waals surface area contributed by atoms with Crippen molar-refractivity contribution in [2.45, 2.75) is 25.8 Å². The maximum atomic E-state index is 13.2. The van der Waals surface area contributed by atoms with E-state index in [1.807, 2.05) is 0 Å². The number of hydrogen-bond acceptors (Lipinski definition) is 2. The quantitative estimate of drug-likeness (QED) is 0.811. The molecule has 2 nitrogen and oxygen atoms in total. The summed E-state index contributed by atoms with van der Waals surface area (Å²) in [4.78, 5) is 0. The summed E-state index contributed by atoms with van der Waals surface area (Å²) in [6.45, 7) is 4.25. The van der Waals surface area contributed by atoms with Gasteiger partial charge in [-0.3, -0.25) is 0 Å². The molecular formula is C12H16FNO. The summed E-state index contributed by atoms with van der Waals surface area (Å²) in [7, 11) is 1.47. The van der Waals surface area contributed by atoms with Crippen molar-refractivity contribution in [3.8, 4) is 5.75 Å². The molecule has 1 fully saturated rings. The fourth-order valence-electron chi connectivity index (χ4n) is 2.18. The van der Waals surface area contributed by atoms with E-state index in [2.05, 4.69) is 13.8 Å². The van der Waals surface area contributed by atoms with Gasteiger partial charge in [-0.05, 0) is 23.1 Å². The van der Waals surface area contributed by atoms with E-state index in [4.69, 9.17) is 10.5 Å². The Morgan fingerprint density at radius 3 is 2.47 bits per heavy atom. The van der Waals surface area contributed by atoms with Gasteiger partial charge in [0.1, 0.15) is 0 Å². The molecule has 2 rings (SSSR count). The highest BCUT2D eigenvalue weighted by Gasteiger charge is 2.56. The Balaban J connectivity index is 2.32. The van der Waals surface area contributed by atoms with Crippen molar-refractivity contribution in [1.82, 2.24) is 0 Å². The van der Waals surface area contributed by atoms with Crippen molar-refractivity contribution in [2.75, 3.05) is 7.11 Å². The molecule has 82 valence electrons. The number of rotatable bonds is 2. The molecular weight excluding hydrogens is 193 g/mol. The first-order valence-electron chi connectivity index (χ1n) is 5.07. The largest absolute Gasteiger partial charge is 0.494 e. The Morgan fingerprint density at radius 1 is 1.40 bits per heavy atom. The van der Waals surface area contributed by atoms with Crippen molar-refractivity contribution in [2.24, 2.45) is 11.1 Å². The number of methoxy groups -OCH3 is 1. The zero-order chi connectivity index (χ0) is 11.2. The molecule has 1 aliphatic rings. The molecule has 0 heterocycles. The lowest BCUT2D eigenvalue weighted by molar-refractivity contribution is 0.385. The van der Waals surface area contributed by atoms with Crippen LogP contribution in [0.5, 0.6) is 5.75 Å². The molecule has 0 saturated heterocycles. The number of hydrogen-bond donors (Lipinski definition) is 1. The van der Waals surface area contributed by atoms with E-state index in [0.29, 0.717) is 11.7 Å². The average molecular weight is 209 g/mol. The van der Waals surface area contributed by atoms with Crippen molar-refractivity contribution in [3.05, 3.63) is 29.6 Å². The lowest BCUT2D eigenvalue weighted by Gasteiger charge is -2.06. The van der Waals surface area contributed by atoms with E-state index in [0.717, 1.165) is 5.56 Å². The predicted molar refractivity (Wildman–Crippen MR) is 57.4 cm³/mol. The third kappa shape index (κ3) is 1.51. The van der Waals surface area contributed by atoms with Gasteiger partial charge >= 0.3 is 0 Å². The van der Waals surface area contributed by atoms with Gasteiger partial charge in [0.05, 0.1) is 7.11 Å². The molecule has 0 spiro atoms. The Labute approximate surface area is 89.2 Å². The molecule has 2 N–H and O–H groups in total. The van der Waals surface area contributed by atoms with Gasteiger partial charge in [0.25, 0.3) is 0 Å². The number of halogens is 1. The summed E-state index contributed by atoms with van der Waals surface area (Å²) < 4.78 is 18.1. The van der Waals surface area contributed by atoms with Crippen LogP contribution >= 0.6 is 0 Å². The van der Waals surface area contributed by atoms with E-state index in [-0.39, 0.29) is 17.3 Å². The normalized spacial score (nSPS) is 27.5. The van der Waals surface area contributed by atoms with Crippen LogP contribution in [0.3, 0.4) is 0 Å². The van der Waals surface area contributed by atoms with E-state index < -0.39 is 0 Å². The molecule has 0 bridgehead atoms. The highest BCUT2D eigenvalue weighted by molar-refractivity contribution is 5.39. The van der Waals surface area contributed by atoms with Crippen molar-refractivity contribution in [3.63, 3.8) is 0 Å². The van der Waals surface area contributed by atoms with Crippen LogP contribution in [-0.4, -0.2) is 13.2 Å². The maximum Gasteiger partial charge on any atom is 0.165 e. The van der Waals surface area contributed by atoms with Gasteiger partial charge < -0.3 is 10.5 Å². The Morgan fingerprint density at radius 2 is 2.00 bits per heavy atom. The molecule has 1 aromatic rings. The summed E-state index contributed by atoms with van der Waals surface area (Å²) in [6.07, 6.45) is 0. The lowest BCUT2D eigenvalue weighted by Crippen LogP contribution is -2.06. The zero-order valence-corrected chi connectivity index (χ0v) is 9.25. The first-order chi connectivity index (χ1) is 6.98. The molecule has 3 heteroatoms. The third-order valence-corrected chi connectivity index (χ3v) is 3.44. The highest BCUT2D eigenvalue weighted by atomic mass is 19.1. The minimum absolute atomic E-state index is 0.114. The lowest BCUT2D eigenvalue weighted by atomic mass is 10.0. The number of ether oxygens (including phenoxy) is 1. The van der Waals surface area contributed by atoms with Crippen LogP contribution in [0.25, 0.3) is 0 Å². The van der Waals surface area contributed by atoms with Gasteiger partial charge in [0.2, 0.25) is 0 Å². The average Bonchev–Trinajstić information content (AvgIpc) is 2.68. The van der Waals surface area contributed by atoms with Gasteiger partial charge in [-0.25, -0.2) is 4.39 Å². The van der Waals surface area contributed by atoms with Gasteiger partial charge in [-0.15, -0.1) is 0 Å². The van der Waals surface area contributed by atoms with Gasteiger partial charge in [0.15, 0.2) is 11.6 Å². The van der Waals surface area contributed by atoms with E-state index >= 15 is 0 Å². The molecule has 0 radical (unpaired) electrons. The Kier molecular flexibility index (Phi) is 2.23. The summed E-state index contributed by atoms with van der Waals surface area (Å²) >= 11 is 0. The molecule has 1 aliphatic carbocycles. The summed E-state index contributed by atoms with van der Waals surface area (Å²) in [5.74, 6) is 0.280. The number of nitrogens with two attached hydrogens (primary N) is 1. The van der Waals surface area contributed by atoms with Crippen LogP contribution in [-0.2, 0) is 0 Å².